The molecule has 1 aromatic carbocycles. The summed E-state index contributed by atoms with van der Waals surface area (Å²) in [6.45, 7) is 1.45. The molecule has 0 aliphatic heterocycles. The lowest BCUT2D eigenvalue weighted by Gasteiger charge is -1.99. The smallest absolute Gasteiger partial charge is 0.331 e. The maximum atomic E-state index is 10.5. The largest absolute Gasteiger partial charge is 0.504 e. The van der Waals surface area contributed by atoms with Crippen molar-refractivity contribution in [1.29, 1.82) is 0 Å². The second kappa shape index (κ2) is 3.83. The first-order chi connectivity index (χ1) is 6.50. The third kappa shape index (κ3) is 2.26. The molecule has 0 unspecified atom stereocenters. The molecule has 0 aromatic heterocycles. The lowest BCUT2D eigenvalue weighted by Crippen LogP contribution is -1.95. The number of phenolic OH excluding ortho intramolecular Hbond substituents is 2. The van der Waals surface area contributed by atoms with Crippen LogP contribution in [0.15, 0.2) is 23.8 Å². The maximum absolute atomic E-state index is 10.5. The number of benzene rings is 1. The zero-order valence-electron chi connectivity index (χ0n) is 7.56. The monoisotopic (exact) mass is 194 g/mol. The van der Waals surface area contributed by atoms with E-state index in [1.54, 1.807) is 0 Å². The summed E-state index contributed by atoms with van der Waals surface area (Å²) in [5.74, 6) is -1.51. The molecule has 3 N–H and O–H groups in total. The van der Waals surface area contributed by atoms with E-state index in [4.69, 9.17) is 15.3 Å². The average molecular weight is 194 g/mol. The SMILES string of the molecule is CC(=Cc1ccc(O)c(O)c1)C(=O)O. The van der Waals surface area contributed by atoms with E-state index in [-0.39, 0.29) is 17.1 Å². The molecule has 0 heterocycles. The number of aromatic hydroxyl groups is 2. The summed E-state index contributed by atoms with van der Waals surface area (Å²) < 4.78 is 0. The predicted octanol–water partition coefficient (Wildman–Crippen LogP) is 1.59. The minimum Gasteiger partial charge on any atom is -0.504 e. The summed E-state index contributed by atoms with van der Waals surface area (Å²) in [5.41, 5.74) is 0.690. The van der Waals surface area contributed by atoms with Crippen LogP contribution in [0, 0.1) is 0 Å². The van der Waals surface area contributed by atoms with Crippen molar-refractivity contribution < 1.29 is 20.1 Å². The van der Waals surface area contributed by atoms with Gasteiger partial charge in [0.05, 0.1) is 0 Å². The fourth-order valence-electron chi connectivity index (χ4n) is 0.942. The first-order valence-electron chi connectivity index (χ1n) is 3.94. The average Bonchev–Trinajstić information content (AvgIpc) is 2.11. The van der Waals surface area contributed by atoms with E-state index in [1.807, 2.05) is 0 Å². The van der Waals surface area contributed by atoms with Crippen molar-refractivity contribution in [2.45, 2.75) is 6.92 Å². The fourth-order valence-corrected chi connectivity index (χ4v) is 0.942. The van der Waals surface area contributed by atoms with Crippen LogP contribution in [0.3, 0.4) is 0 Å². The van der Waals surface area contributed by atoms with Gasteiger partial charge in [-0.15, -0.1) is 0 Å². The quantitative estimate of drug-likeness (QED) is 0.493. The molecular weight excluding hydrogens is 184 g/mol. The topological polar surface area (TPSA) is 77.8 Å². The molecule has 4 heteroatoms. The highest BCUT2D eigenvalue weighted by atomic mass is 16.4. The van der Waals surface area contributed by atoms with Gasteiger partial charge in [0.15, 0.2) is 11.5 Å². The molecule has 0 fully saturated rings. The van der Waals surface area contributed by atoms with Crippen molar-refractivity contribution in [1.82, 2.24) is 0 Å². The lowest BCUT2D eigenvalue weighted by atomic mass is 10.1. The third-order valence-electron chi connectivity index (χ3n) is 1.72. The highest BCUT2D eigenvalue weighted by molar-refractivity contribution is 5.91. The Balaban J connectivity index is 3.04. The maximum Gasteiger partial charge on any atom is 0.331 e. The Morgan fingerprint density at radius 3 is 2.43 bits per heavy atom. The molecule has 0 radical (unpaired) electrons. The minimum atomic E-state index is -1.02. The van der Waals surface area contributed by atoms with Gasteiger partial charge in [-0.3, -0.25) is 0 Å². The molecule has 74 valence electrons. The highest BCUT2D eigenvalue weighted by Crippen LogP contribution is 2.25. The molecule has 1 rings (SSSR count). The van der Waals surface area contributed by atoms with Gasteiger partial charge in [-0.1, -0.05) is 6.07 Å². The summed E-state index contributed by atoms with van der Waals surface area (Å²) >= 11 is 0. The van der Waals surface area contributed by atoms with E-state index in [9.17, 15) is 4.79 Å². The van der Waals surface area contributed by atoms with Gasteiger partial charge in [0.2, 0.25) is 0 Å². The van der Waals surface area contributed by atoms with Gasteiger partial charge < -0.3 is 15.3 Å². The van der Waals surface area contributed by atoms with Crippen LogP contribution in [0.1, 0.15) is 12.5 Å². The van der Waals surface area contributed by atoms with E-state index in [2.05, 4.69) is 0 Å². The first-order valence-corrected chi connectivity index (χ1v) is 3.94. The van der Waals surface area contributed by atoms with Crippen molar-refractivity contribution in [3.05, 3.63) is 29.3 Å². The molecule has 0 aliphatic rings. The van der Waals surface area contributed by atoms with E-state index in [0.29, 0.717) is 5.56 Å². The van der Waals surface area contributed by atoms with Gasteiger partial charge in [-0.2, -0.15) is 0 Å². The molecular formula is C10H10O4. The van der Waals surface area contributed by atoms with Crippen LogP contribution < -0.4 is 0 Å². The first kappa shape index (κ1) is 10.1. The third-order valence-corrected chi connectivity index (χ3v) is 1.72. The molecule has 14 heavy (non-hydrogen) atoms. The Morgan fingerprint density at radius 1 is 1.29 bits per heavy atom. The number of phenols is 2. The Labute approximate surface area is 80.7 Å². The second-order valence-corrected chi connectivity index (χ2v) is 2.88. The molecule has 0 saturated heterocycles. The summed E-state index contributed by atoms with van der Waals surface area (Å²) in [5, 5.41) is 26.7. The van der Waals surface area contributed by atoms with Gasteiger partial charge in [-0.25, -0.2) is 4.79 Å². The molecule has 0 aliphatic carbocycles. The van der Waals surface area contributed by atoms with Crippen molar-refractivity contribution in [2.24, 2.45) is 0 Å². The number of rotatable bonds is 2. The van der Waals surface area contributed by atoms with E-state index in [1.165, 1.54) is 31.2 Å². The van der Waals surface area contributed by atoms with Crippen LogP contribution in [0.25, 0.3) is 6.08 Å². The van der Waals surface area contributed by atoms with Crippen molar-refractivity contribution in [3.8, 4) is 11.5 Å². The van der Waals surface area contributed by atoms with Gasteiger partial charge in [0, 0.05) is 5.57 Å². The standard InChI is InChI=1S/C10H10O4/c1-6(10(13)14)4-7-2-3-8(11)9(12)5-7/h2-5,11-12H,1H3,(H,13,14). The Bertz CT molecular complexity index is 393. The van der Waals surface area contributed by atoms with Crippen LogP contribution in [-0.2, 0) is 4.79 Å². The van der Waals surface area contributed by atoms with Crippen molar-refractivity contribution in [2.75, 3.05) is 0 Å². The number of hydrogen-bond acceptors (Lipinski definition) is 3. The number of aliphatic carboxylic acids is 1. The molecule has 4 nitrogen and oxygen atoms in total. The van der Waals surface area contributed by atoms with Gasteiger partial charge in [0.1, 0.15) is 0 Å². The Kier molecular flexibility index (Phi) is 2.76. The van der Waals surface area contributed by atoms with E-state index < -0.39 is 5.97 Å². The molecule has 0 bridgehead atoms. The highest BCUT2D eigenvalue weighted by Gasteiger charge is 2.02. The summed E-state index contributed by atoms with van der Waals surface area (Å²) in [4.78, 5) is 10.5. The van der Waals surface area contributed by atoms with E-state index >= 15 is 0 Å². The summed E-state index contributed by atoms with van der Waals surface area (Å²) in [7, 11) is 0. The number of hydrogen-bond donors (Lipinski definition) is 3. The van der Waals surface area contributed by atoms with Crippen LogP contribution in [0.4, 0.5) is 0 Å². The van der Waals surface area contributed by atoms with Crippen LogP contribution in [-0.4, -0.2) is 21.3 Å². The summed E-state index contributed by atoms with van der Waals surface area (Å²) in [6.07, 6.45) is 1.40. The predicted molar refractivity (Wildman–Crippen MR) is 51.1 cm³/mol. The number of carbonyl (C=O) groups is 1. The van der Waals surface area contributed by atoms with Crippen molar-refractivity contribution in [3.63, 3.8) is 0 Å². The minimum absolute atomic E-state index is 0.162. The number of carboxylic acid groups (broad SMARTS) is 1. The molecule has 0 atom stereocenters. The van der Waals surface area contributed by atoms with Crippen LogP contribution >= 0.6 is 0 Å². The molecule has 1 aromatic rings. The van der Waals surface area contributed by atoms with Crippen molar-refractivity contribution >= 4 is 12.0 Å². The normalized spacial score (nSPS) is 11.4. The zero-order chi connectivity index (χ0) is 10.7. The second-order valence-electron chi connectivity index (χ2n) is 2.88. The molecule has 0 saturated carbocycles. The summed E-state index contributed by atoms with van der Waals surface area (Å²) in [6, 6.07) is 4.11. The lowest BCUT2D eigenvalue weighted by molar-refractivity contribution is -0.132. The van der Waals surface area contributed by atoms with Gasteiger partial charge in [-0.05, 0) is 30.7 Å². The number of carboxylic acids is 1. The van der Waals surface area contributed by atoms with Gasteiger partial charge in [0.25, 0.3) is 0 Å². The van der Waals surface area contributed by atoms with Crippen LogP contribution in [0.2, 0.25) is 0 Å². The Hall–Kier alpha value is -1.97. The van der Waals surface area contributed by atoms with Gasteiger partial charge >= 0.3 is 5.97 Å². The Morgan fingerprint density at radius 2 is 1.93 bits per heavy atom. The van der Waals surface area contributed by atoms with E-state index in [0.717, 1.165) is 0 Å². The van der Waals surface area contributed by atoms with Crippen LogP contribution in [0.5, 0.6) is 11.5 Å². The fraction of sp³-hybridized carbons (Fsp3) is 0.100. The molecule has 0 amide bonds. The zero-order valence-corrected chi connectivity index (χ0v) is 7.56. The molecule has 0 spiro atoms.